The average Bonchev–Trinajstić information content (AvgIpc) is 2.25. The van der Waals surface area contributed by atoms with E-state index in [2.05, 4.69) is 17.4 Å². The summed E-state index contributed by atoms with van der Waals surface area (Å²) in [6.07, 6.45) is 1.62. The zero-order valence-corrected chi connectivity index (χ0v) is 10.5. The number of allylic oxidation sites excluding steroid dienone is 1. The van der Waals surface area contributed by atoms with Crippen LogP contribution in [0.2, 0.25) is 0 Å². The van der Waals surface area contributed by atoms with Crippen LogP contribution in [-0.4, -0.2) is 18.2 Å². The fraction of sp³-hybridized carbons (Fsp3) is 0.308. The number of carbonyl (C=O) groups excluding carboxylic acids is 1. The van der Waals surface area contributed by atoms with E-state index in [9.17, 15) is 4.79 Å². The highest BCUT2D eigenvalue weighted by atomic mass is 32.2. The summed E-state index contributed by atoms with van der Waals surface area (Å²) >= 11 is 1.75. The monoisotopic (exact) mass is 235 g/mol. The Morgan fingerprint density at radius 3 is 2.62 bits per heavy atom. The summed E-state index contributed by atoms with van der Waals surface area (Å²) < 4.78 is 0. The molecule has 0 bridgehead atoms. The van der Waals surface area contributed by atoms with E-state index in [1.54, 1.807) is 17.8 Å². The molecule has 2 nitrogen and oxygen atoms in total. The van der Waals surface area contributed by atoms with Gasteiger partial charge in [0.25, 0.3) is 0 Å². The van der Waals surface area contributed by atoms with Crippen molar-refractivity contribution in [3.05, 3.63) is 42.0 Å². The summed E-state index contributed by atoms with van der Waals surface area (Å²) in [4.78, 5) is 12.5. The Labute approximate surface area is 101 Å². The summed E-state index contributed by atoms with van der Waals surface area (Å²) in [7, 11) is 0. The van der Waals surface area contributed by atoms with Gasteiger partial charge in [-0.3, -0.25) is 4.79 Å². The lowest BCUT2D eigenvalue weighted by Gasteiger charge is -2.02. The number of rotatable bonds is 5. The van der Waals surface area contributed by atoms with Crippen molar-refractivity contribution in [3.63, 3.8) is 0 Å². The first-order chi connectivity index (χ1) is 7.68. The third kappa shape index (κ3) is 5.61. The van der Waals surface area contributed by atoms with Crippen LogP contribution in [0.3, 0.4) is 0 Å². The van der Waals surface area contributed by atoms with Crippen molar-refractivity contribution in [2.75, 3.05) is 12.3 Å². The molecule has 0 unspecified atom stereocenters. The standard InChI is InChI=1S/C13H17NOS/c1-11(2)10-13(15)14-8-9-16-12-6-4-3-5-7-12/h3-7,10H,8-9H2,1-2H3,(H,14,15). The van der Waals surface area contributed by atoms with E-state index in [1.165, 1.54) is 4.90 Å². The van der Waals surface area contributed by atoms with Gasteiger partial charge >= 0.3 is 0 Å². The molecule has 0 saturated carbocycles. The molecule has 1 aromatic rings. The maximum Gasteiger partial charge on any atom is 0.243 e. The molecule has 0 aliphatic carbocycles. The first-order valence-corrected chi connectivity index (χ1v) is 6.27. The molecule has 0 heterocycles. The quantitative estimate of drug-likeness (QED) is 0.483. The first-order valence-electron chi connectivity index (χ1n) is 5.29. The van der Waals surface area contributed by atoms with Crippen molar-refractivity contribution < 1.29 is 4.79 Å². The predicted octanol–water partition coefficient (Wildman–Crippen LogP) is 2.86. The predicted molar refractivity (Wildman–Crippen MR) is 69.6 cm³/mol. The molecule has 0 radical (unpaired) electrons. The van der Waals surface area contributed by atoms with Gasteiger partial charge in [-0.05, 0) is 26.0 Å². The highest BCUT2D eigenvalue weighted by Crippen LogP contribution is 2.15. The SMILES string of the molecule is CC(C)=CC(=O)NCCSc1ccccc1. The zero-order valence-electron chi connectivity index (χ0n) is 9.69. The van der Waals surface area contributed by atoms with Gasteiger partial charge in [0.2, 0.25) is 5.91 Å². The Hall–Kier alpha value is -1.22. The first kappa shape index (κ1) is 12.8. The highest BCUT2D eigenvalue weighted by molar-refractivity contribution is 7.99. The lowest BCUT2D eigenvalue weighted by molar-refractivity contribution is -0.116. The second-order valence-corrected chi connectivity index (χ2v) is 4.84. The molecule has 0 fully saturated rings. The average molecular weight is 235 g/mol. The molecule has 0 spiro atoms. The number of hydrogen-bond donors (Lipinski definition) is 1. The van der Waals surface area contributed by atoms with Gasteiger partial charge in [-0.25, -0.2) is 0 Å². The molecule has 1 rings (SSSR count). The lowest BCUT2D eigenvalue weighted by atomic mass is 10.3. The number of carbonyl (C=O) groups is 1. The summed E-state index contributed by atoms with van der Waals surface area (Å²) in [5.41, 5.74) is 1.02. The summed E-state index contributed by atoms with van der Waals surface area (Å²) in [6, 6.07) is 10.2. The molecule has 3 heteroatoms. The Balaban J connectivity index is 2.18. The van der Waals surface area contributed by atoms with Crippen LogP contribution in [0.5, 0.6) is 0 Å². The molecule has 0 saturated heterocycles. The van der Waals surface area contributed by atoms with Gasteiger partial charge in [-0.2, -0.15) is 0 Å². The molecular formula is C13H17NOS. The molecule has 1 aromatic carbocycles. The maximum absolute atomic E-state index is 11.3. The molecule has 86 valence electrons. The number of hydrogen-bond acceptors (Lipinski definition) is 2. The third-order valence-corrected chi connectivity index (χ3v) is 2.85. The smallest absolute Gasteiger partial charge is 0.243 e. The highest BCUT2D eigenvalue weighted by Gasteiger charge is 1.96. The Morgan fingerprint density at radius 1 is 1.31 bits per heavy atom. The van der Waals surface area contributed by atoms with Gasteiger partial charge in [0.05, 0.1) is 0 Å². The van der Waals surface area contributed by atoms with E-state index >= 15 is 0 Å². The van der Waals surface area contributed by atoms with Crippen LogP contribution < -0.4 is 5.32 Å². The van der Waals surface area contributed by atoms with Crippen molar-refractivity contribution in [3.8, 4) is 0 Å². The molecule has 0 aromatic heterocycles. The van der Waals surface area contributed by atoms with E-state index in [-0.39, 0.29) is 5.91 Å². The lowest BCUT2D eigenvalue weighted by Crippen LogP contribution is -2.23. The van der Waals surface area contributed by atoms with Gasteiger partial charge in [0.1, 0.15) is 0 Å². The van der Waals surface area contributed by atoms with Gasteiger partial charge < -0.3 is 5.32 Å². The summed E-state index contributed by atoms with van der Waals surface area (Å²) in [6.45, 7) is 4.53. The largest absolute Gasteiger partial charge is 0.352 e. The van der Waals surface area contributed by atoms with Crippen LogP contribution in [0, 0.1) is 0 Å². The van der Waals surface area contributed by atoms with E-state index < -0.39 is 0 Å². The number of amides is 1. The number of nitrogens with one attached hydrogen (secondary N) is 1. The molecular weight excluding hydrogens is 218 g/mol. The van der Waals surface area contributed by atoms with Crippen molar-refractivity contribution in [2.45, 2.75) is 18.7 Å². The normalized spacial score (nSPS) is 9.62. The fourth-order valence-corrected chi connectivity index (χ4v) is 1.96. The van der Waals surface area contributed by atoms with Gasteiger partial charge in [-0.1, -0.05) is 23.8 Å². The second-order valence-electron chi connectivity index (χ2n) is 3.67. The summed E-state index contributed by atoms with van der Waals surface area (Å²) in [5, 5.41) is 2.85. The molecule has 16 heavy (non-hydrogen) atoms. The molecule has 0 aliphatic heterocycles. The van der Waals surface area contributed by atoms with Gasteiger partial charge in [-0.15, -0.1) is 11.8 Å². The number of thioether (sulfide) groups is 1. The molecule has 0 aliphatic rings. The van der Waals surface area contributed by atoms with Gasteiger partial charge in [0, 0.05) is 23.3 Å². The Kier molecular flexibility index (Phi) is 5.72. The van der Waals surface area contributed by atoms with Crippen LogP contribution in [-0.2, 0) is 4.79 Å². The zero-order chi connectivity index (χ0) is 11.8. The van der Waals surface area contributed by atoms with Gasteiger partial charge in [0.15, 0.2) is 0 Å². The van der Waals surface area contributed by atoms with E-state index in [0.717, 1.165) is 11.3 Å². The molecule has 1 amide bonds. The van der Waals surface area contributed by atoms with Crippen molar-refractivity contribution in [1.82, 2.24) is 5.32 Å². The van der Waals surface area contributed by atoms with Crippen LogP contribution in [0.4, 0.5) is 0 Å². The Morgan fingerprint density at radius 2 is 2.00 bits per heavy atom. The number of benzene rings is 1. The van der Waals surface area contributed by atoms with Crippen LogP contribution >= 0.6 is 11.8 Å². The molecule has 1 N–H and O–H groups in total. The fourth-order valence-electron chi connectivity index (χ4n) is 1.17. The second kappa shape index (κ2) is 7.12. The maximum atomic E-state index is 11.3. The van der Waals surface area contributed by atoms with Crippen LogP contribution in [0.25, 0.3) is 0 Å². The molecule has 0 atom stereocenters. The minimum absolute atomic E-state index is 0.00587. The van der Waals surface area contributed by atoms with Crippen LogP contribution in [0.1, 0.15) is 13.8 Å². The van der Waals surface area contributed by atoms with E-state index in [1.807, 2.05) is 32.0 Å². The van der Waals surface area contributed by atoms with Crippen LogP contribution in [0.15, 0.2) is 46.9 Å². The Bertz CT molecular complexity index is 355. The van der Waals surface area contributed by atoms with Crippen molar-refractivity contribution >= 4 is 17.7 Å². The third-order valence-electron chi connectivity index (χ3n) is 1.83. The van der Waals surface area contributed by atoms with Crippen molar-refractivity contribution in [1.29, 1.82) is 0 Å². The minimum atomic E-state index is -0.00587. The summed E-state index contributed by atoms with van der Waals surface area (Å²) in [5.74, 6) is 0.889. The van der Waals surface area contributed by atoms with Crippen molar-refractivity contribution in [2.24, 2.45) is 0 Å². The van der Waals surface area contributed by atoms with E-state index in [0.29, 0.717) is 6.54 Å². The topological polar surface area (TPSA) is 29.1 Å². The minimum Gasteiger partial charge on any atom is -0.352 e. The van der Waals surface area contributed by atoms with E-state index in [4.69, 9.17) is 0 Å².